The van der Waals surface area contributed by atoms with Crippen molar-refractivity contribution in [2.75, 3.05) is 0 Å². The van der Waals surface area contributed by atoms with Crippen LogP contribution in [0.1, 0.15) is 22.3 Å². The van der Waals surface area contributed by atoms with Crippen molar-refractivity contribution in [3.05, 3.63) is 216 Å². The molecule has 1 unspecified atom stereocenters. The maximum atomic E-state index is 15.1. The third-order valence-corrected chi connectivity index (χ3v) is 14.0. The highest BCUT2D eigenvalue weighted by atomic mass is 32.2. The Labute approximate surface area is 340 Å². The first kappa shape index (κ1) is 33.7. The standard InChI is InChI=1S/C53H32N2O3S/c56-59(57)50-26-14-12-24-43(50)53(45-31-49-41(30-51(45)59)40-22-10-13-25-48(40)58-49)42-23-11-9-21-38(42)36-19-7-8-20-37(36)39-28-27-35(29-44(39)53)47-32-46(33-15-3-1-4-16-33)54-52(55-47)34-17-5-2-6-18-34/h1-32H. The van der Waals surface area contributed by atoms with Gasteiger partial charge in [0.05, 0.1) is 26.6 Å². The molecule has 6 heteroatoms. The van der Waals surface area contributed by atoms with E-state index in [-0.39, 0.29) is 9.79 Å². The van der Waals surface area contributed by atoms with Gasteiger partial charge >= 0.3 is 0 Å². The van der Waals surface area contributed by atoms with Gasteiger partial charge in [-0.05, 0) is 80.9 Å². The molecule has 5 nitrogen and oxygen atoms in total. The summed E-state index contributed by atoms with van der Waals surface area (Å²) in [6.45, 7) is 0. The molecule has 0 N–H and O–H groups in total. The largest absolute Gasteiger partial charge is 0.456 e. The van der Waals surface area contributed by atoms with Crippen LogP contribution < -0.4 is 0 Å². The maximum absolute atomic E-state index is 15.1. The molecule has 1 atom stereocenters. The van der Waals surface area contributed by atoms with E-state index in [1.807, 2.05) is 103 Å². The number of fused-ring (bicyclic) bond motifs is 14. The highest BCUT2D eigenvalue weighted by Crippen LogP contribution is 2.60. The van der Waals surface area contributed by atoms with Crippen LogP contribution in [0.3, 0.4) is 0 Å². The molecule has 1 aliphatic carbocycles. The Bertz CT molecular complexity index is 3410. The molecule has 59 heavy (non-hydrogen) atoms. The molecular formula is C53H32N2O3S. The van der Waals surface area contributed by atoms with Gasteiger partial charge in [0.15, 0.2) is 5.82 Å². The second-order valence-corrected chi connectivity index (χ2v) is 17.1. The van der Waals surface area contributed by atoms with Crippen molar-refractivity contribution in [2.24, 2.45) is 0 Å². The number of furan rings is 1. The fourth-order valence-electron chi connectivity index (χ4n) is 9.58. The number of sulfone groups is 1. The normalized spacial score (nSPS) is 15.8. The van der Waals surface area contributed by atoms with E-state index in [0.29, 0.717) is 28.1 Å². The zero-order valence-electron chi connectivity index (χ0n) is 31.5. The summed E-state index contributed by atoms with van der Waals surface area (Å²) < 4.78 is 36.8. The first-order chi connectivity index (χ1) is 29.0. The number of hydrogen-bond acceptors (Lipinski definition) is 5. The molecule has 3 heterocycles. The molecule has 10 aromatic rings. The van der Waals surface area contributed by atoms with Crippen LogP contribution in [0.5, 0.6) is 0 Å². The predicted molar refractivity (Wildman–Crippen MR) is 234 cm³/mol. The molecule has 0 amide bonds. The van der Waals surface area contributed by atoms with E-state index in [2.05, 4.69) is 84.9 Å². The molecule has 0 bridgehead atoms. The molecule has 0 radical (unpaired) electrons. The average Bonchev–Trinajstić information content (AvgIpc) is 3.62. The third-order valence-electron chi connectivity index (χ3n) is 12.1. The summed E-state index contributed by atoms with van der Waals surface area (Å²) in [6, 6.07) is 65.0. The van der Waals surface area contributed by atoms with Crippen LogP contribution in [0.15, 0.2) is 208 Å². The molecule has 8 aromatic carbocycles. The predicted octanol–water partition coefficient (Wildman–Crippen LogP) is 12.6. The molecule has 2 aliphatic rings. The van der Waals surface area contributed by atoms with Gasteiger partial charge < -0.3 is 4.42 Å². The SMILES string of the molecule is O=S1(=O)c2ccccc2C2(c3ccccc3-c3ccccc3-c3ccc(-c4cc(-c5ccccc5)nc(-c5ccccc5)n4)cc32)c2cc3oc4ccccc4c3cc21. The number of para-hydroxylation sites is 1. The van der Waals surface area contributed by atoms with Gasteiger partial charge in [0.1, 0.15) is 11.2 Å². The van der Waals surface area contributed by atoms with E-state index in [0.717, 1.165) is 72.2 Å². The minimum absolute atomic E-state index is 0.270. The lowest BCUT2D eigenvalue weighted by atomic mass is 9.63. The first-order valence-corrected chi connectivity index (χ1v) is 21.1. The summed E-state index contributed by atoms with van der Waals surface area (Å²) >= 11 is 0. The fraction of sp³-hybridized carbons (Fsp3) is 0.0189. The fourth-order valence-corrected chi connectivity index (χ4v) is 11.4. The summed E-state index contributed by atoms with van der Waals surface area (Å²) in [5, 5.41) is 1.64. The lowest BCUT2D eigenvalue weighted by Gasteiger charge is -2.42. The van der Waals surface area contributed by atoms with Crippen LogP contribution in [0.4, 0.5) is 0 Å². The van der Waals surface area contributed by atoms with E-state index < -0.39 is 15.3 Å². The molecule has 0 saturated carbocycles. The maximum Gasteiger partial charge on any atom is 0.207 e. The zero-order valence-corrected chi connectivity index (χ0v) is 32.3. The Morgan fingerprint density at radius 1 is 0.390 bits per heavy atom. The molecular weight excluding hydrogens is 745 g/mol. The minimum atomic E-state index is -4.00. The van der Waals surface area contributed by atoms with Crippen molar-refractivity contribution in [1.29, 1.82) is 0 Å². The summed E-state index contributed by atoms with van der Waals surface area (Å²) in [4.78, 5) is 10.9. The van der Waals surface area contributed by atoms with Gasteiger partial charge in [-0.3, -0.25) is 0 Å². The van der Waals surface area contributed by atoms with Crippen molar-refractivity contribution in [1.82, 2.24) is 9.97 Å². The molecule has 12 rings (SSSR count). The second kappa shape index (κ2) is 12.5. The van der Waals surface area contributed by atoms with E-state index >= 15 is 8.42 Å². The Hall–Kier alpha value is -7.41. The van der Waals surface area contributed by atoms with Gasteiger partial charge in [0.2, 0.25) is 9.84 Å². The Kier molecular flexibility index (Phi) is 7.17. The molecule has 2 aromatic heterocycles. The van der Waals surface area contributed by atoms with E-state index in [9.17, 15) is 0 Å². The monoisotopic (exact) mass is 776 g/mol. The molecule has 1 aliphatic heterocycles. The molecule has 0 saturated heterocycles. The van der Waals surface area contributed by atoms with Gasteiger partial charge in [0.25, 0.3) is 0 Å². The van der Waals surface area contributed by atoms with Gasteiger partial charge in [-0.15, -0.1) is 0 Å². The highest BCUT2D eigenvalue weighted by molar-refractivity contribution is 7.91. The third kappa shape index (κ3) is 4.81. The van der Waals surface area contributed by atoms with Crippen LogP contribution in [-0.4, -0.2) is 18.4 Å². The Balaban J connectivity index is 1.24. The number of rotatable bonds is 3. The quantitative estimate of drug-likeness (QED) is 0.179. The van der Waals surface area contributed by atoms with Crippen molar-refractivity contribution >= 4 is 31.8 Å². The first-order valence-electron chi connectivity index (χ1n) is 19.6. The number of benzene rings is 8. The van der Waals surface area contributed by atoms with Crippen molar-refractivity contribution < 1.29 is 12.8 Å². The summed E-state index contributed by atoms with van der Waals surface area (Å²) in [6.07, 6.45) is 0. The van der Waals surface area contributed by atoms with Crippen molar-refractivity contribution in [3.63, 3.8) is 0 Å². The number of hydrogen-bond donors (Lipinski definition) is 0. The lowest BCUT2D eigenvalue weighted by molar-refractivity contribution is 0.579. The Morgan fingerprint density at radius 2 is 0.983 bits per heavy atom. The summed E-state index contributed by atoms with van der Waals surface area (Å²) in [7, 11) is -4.00. The highest BCUT2D eigenvalue weighted by Gasteiger charge is 2.52. The lowest BCUT2D eigenvalue weighted by Crippen LogP contribution is -2.38. The van der Waals surface area contributed by atoms with Crippen molar-refractivity contribution in [3.8, 4) is 56.2 Å². The van der Waals surface area contributed by atoms with Gasteiger partial charge in [-0.25, -0.2) is 18.4 Å². The van der Waals surface area contributed by atoms with E-state index in [1.165, 1.54) is 0 Å². The molecule has 1 spiro atoms. The van der Waals surface area contributed by atoms with Crippen molar-refractivity contribution in [2.45, 2.75) is 15.2 Å². The van der Waals surface area contributed by atoms with Gasteiger partial charge in [0, 0.05) is 27.5 Å². The number of aromatic nitrogens is 2. The second-order valence-electron chi connectivity index (χ2n) is 15.2. The topological polar surface area (TPSA) is 73.1 Å². The van der Waals surface area contributed by atoms with E-state index in [1.54, 1.807) is 6.07 Å². The Morgan fingerprint density at radius 3 is 1.75 bits per heavy atom. The van der Waals surface area contributed by atoms with E-state index in [4.69, 9.17) is 14.4 Å². The smallest absolute Gasteiger partial charge is 0.207 e. The van der Waals surface area contributed by atoms with Crippen LogP contribution >= 0.6 is 0 Å². The average molecular weight is 777 g/mol. The van der Waals surface area contributed by atoms with Crippen LogP contribution in [-0.2, 0) is 15.3 Å². The van der Waals surface area contributed by atoms with Gasteiger partial charge in [-0.2, -0.15) is 0 Å². The zero-order chi connectivity index (χ0) is 39.3. The molecule has 0 fully saturated rings. The van der Waals surface area contributed by atoms with Gasteiger partial charge in [-0.1, -0.05) is 158 Å². The summed E-state index contributed by atoms with van der Waals surface area (Å²) in [5.41, 5.74) is 12.0. The summed E-state index contributed by atoms with van der Waals surface area (Å²) in [5.74, 6) is 0.619. The minimum Gasteiger partial charge on any atom is -0.456 e. The molecule has 278 valence electrons. The van der Waals surface area contributed by atoms with Crippen LogP contribution in [0.25, 0.3) is 78.1 Å². The van der Waals surface area contributed by atoms with Crippen LogP contribution in [0, 0.1) is 0 Å². The number of nitrogens with zero attached hydrogens (tertiary/aromatic N) is 2. The van der Waals surface area contributed by atoms with Crippen LogP contribution in [0.2, 0.25) is 0 Å².